The van der Waals surface area contributed by atoms with Gasteiger partial charge in [0.2, 0.25) is 11.8 Å². The highest BCUT2D eigenvalue weighted by molar-refractivity contribution is 6.31. The minimum Gasteiger partial charge on any atom is -0.355 e. The van der Waals surface area contributed by atoms with E-state index in [1.54, 1.807) is 11.8 Å². The number of nitrogens with one attached hydrogen (secondary N) is 1. The third-order valence-corrected chi connectivity index (χ3v) is 4.65. The van der Waals surface area contributed by atoms with Crippen molar-refractivity contribution in [3.63, 3.8) is 0 Å². The second kappa shape index (κ2) is 9.97. The second-order valence-electron chi connectivity index (χ2n) is 6.17. The Bertz CT molecular complexity index is 734. The average molecular weight is 373 g/mol. The smallest absolute Gasteiger partial charge is 0.242 e. The topological polar surface area (TPSA) is 49.4 Å². The Hall–Kier alpha value is -2.33. The van der Waals surface area contributed by atoms with Gasteiger partial charge >= 0.3 is 0 Å². The first kappa shape index (κ1) is 20.0. The number of hydrogen-bond donors (Lipinski definition) is 1. The monoisotopic (exact) mass is 372 g/mol. The SMILES string of the molecule is CCNC(=O)[C@@H](C)N(Cc1ccccc1)C(=O)CCc1ccccc1Cl. The Morgan fingerprint density at radius 3 is 2.38 bits per heavy atom. The van der Waals surface area contributed by atoms with E-state index in [0.717, 1.165) is 11.1 Å². The van der Waals surface area contributed by atoms with Crippen molar-refractivity contribution in [1.29, 1.82) is 0 Å². The van der Waals surface area contributed by atoms with Crippen molar-refractivity contribution in [2.24, 2.45) is 0 Å². The molecule has 26 heavy (non-hydrogen) atoms. The molecule has 0 unspecified atom stereocenters. The van der Waals surface area contributed by atoms with E-state index in [1.807, 2.05) is 61.5 Å². The van der Waals surface area contributed by atoms with Crippen molar-refractivity contribution in [1.82, 2.24) is 10.2 Å². The van der Waals surface area contributed by atoms with E-state index >= 15 is 0 Å². The molecule has 0 fully saturated rings. The Morgan fingerprint density at radius 1 is 1.08 bits per heavy atom. The van der Waals surface area contributed by atoms with Gasteiger partial charge in [-0.15, -0.1) is 0 Å². The van der Waals surface area contributed by atoms with E-state index in [2.05, 4.69) is 5.32 Å². The lowest BCUT2D eigenvalue weighted by Crippen LogP contribution is -2.47. The van der Waals surface area contributed by atoms with Gasteiger partial charge in [0.1, 0.15) is 6.04 Å². The van der Waals surface area contributed by atoms with Gasteiger partial charge in [-0.05, 0) is 37.5 Å². The predicted octanol–water partition coefficient (Wildman–Crippen LogP) is 3.83. The molecule has 0 aromatic heterocycles. The van der Waals surface area contributed by atoms with Crippen molar-refractivity contribution in [3.05, 3.63) is 70.7 Å². The molecule has 2 aromatic carbocycles. The minimum absolute atomic E-state index is 0.0625. The number of carbonyl (C=O) groups excluding carboxylic acids is 2. The summed E-state index contributed by atoms with van der Waals surface area (Å²) in [7, 11) is 0. The van der Waals surface area contributed by atoms with E-state index in [1.165, 1.54) is 0 Å². The predicted molar refractivity (Wildman–Crippen MR) is 105 cm³/mol. The molecule has 0 bridgehead atoms. The van der Waals surface area contributed by atoms with Gasteiger partial charge in [0, 0.05) is 24.5 Å². The van der Waals surface area contributed by atoms with Crippen LogP contribution in [0, 0.1) is 0 Å². The Morgan fingerprint density at radius 2 is 1.73 bits per heavy atom. The number of nitrogens with zero attached hydrogens (tertiary/aromatic N) is 1. The summed E-state index contributed by atoms with van der Waals surface area (Å²) >= 11 is 6.18. The van der Waals surface area contributed by atoms with E-state index < -0.39 is 6.04 Å². The number of amides is 2. The third-order valence-electron chi connectivity index (χ3n) is 4.28. The first-order valence-corrected chi connectivity index (χ1v) is 9.25. The number of halogens is 1. The zero-order valence-corrected chi connectivity index (χ0v) is 16.0. The molecule has 0 spiro atoms. The van der Waals surface area contributed by atoms with Crippen LogP contribution in [0.3, 0.4) is 0 Å². The van der Waals surface area contributed by atoms with Gasteiger partial charge in [-0.2, -0.15) is 0 Å². The Labute approximate surface area is 160 Å². The fourth-order valence-corrected chi connectivity index (χ4v) is 3.00. The molecule has 0 heterocycles. The first-order chi connectivity index (χ1) is 12.5. The molecule has 0 radical (unpaired) electrons. The largest absolute Gasteiger partial charge is 0.355 e. The average Bonchev–Trinajstić information content (AvgIpc) is 2.65. The fraction of sp³-hybridized carbons (Fsp3) is 0.333. The van der Waals surface area contributed by atoms with Crippen LogP contribution in [0.1, 0.15) is 31.4 Å². The molecular formula is C21H25ClN2O2. The maximum absolute atomic E-state index is 12.9. The van der Waals surface area contributed by atoms with Crippen LogP contribution in [0.15, 0.2) is 54.6 Å². The molecule has 1 N–H and O–H groups in total. The molecule has 0 aliphatic rings. The van der Waals surface area contributed by atoms with Gasteiger partial charge in [-0.1, -0.05) is 60.1 Å². The standard InChI is InChI=1S/C21H25ClN2O2/c1-3-23-21(26)16(2)24(15-17-9-5-4-6-10-17)20(25)14-13-18-11-7-8-12-19(18)22/h4-12,16H,3,13-15H2,1-2H3,(H,23,26)/t16-/m1/s1. The molecule has 5 heteroatoms. The van der Waals surface area contributed by atoms with Crippen LogP contribution < -0.4 is 5.32 Å². The van der Waals surface area contributed by atoms with E-state index in [-0.39, 0.29) is 11.8 Å². The molecular weight excluding hydrogens is 348 g/mol. The quantitative estimate of drug-likeness (QED) is 0.765. The highest BCUT2D eigenvalue weighted by Crippen LogP contribution is 2.18. The fourth-order valence-electron chi connectivity index (χ4n) is 2.77. The summed E-state index contributed by atoms with van der Waals surface area (Å²) in [5, 5.41) is 3.45. The summed E-state index contributed by atoms with van der Waals surface area (Å²) in [6.45, 7) is 4.57. The van der Waals surface area contributed by atoms with Crippen LogP contribution in [-0.2, 0) is 22.6 Å². The normalized spacial score (nSPS) is 11.7. The van der Waals surface area contributed by atoms with Crippen molar-refractivity contribution in [2.75, 3.05) is 6.54 Å². The molecule has 138 valence electrons. The van der Waals surface area contributed by atoms with Crippen LogP contribution >= 0.6 is 11.6 Å². The summed E-state index contributed by atoms with van der Waals surface area (Å²) < 4.78 is 0. The zero-order chi connectivity index (χ0) is 18.9. The Kier molecular flexibility index (Phi) is 7.67. The van der Waals surface area contributed by atoms with Gasteiger partial charge in [-0.3, -0.25) is 9.59 Å². The van der Waals surface area contributed by atoms with Crippen molar-refractivity contribution in [2.45, 2.75) is 39.3 Å². The molecule has 2 amide bonds. The van der Waals surface area contributed by atoms with Crippen molar-refractivity contribution < 1.29 is 9.59 Å². The van der Waals surface area contributed by atoms with Crippen LogP contribution in [0.25, 0.3) is 0 Å². The highest BCUT2D eigenvalue weighted by Gasteiger charge is 2.25. The van der Waals surface area contributed by atoms with E-state index in [9.17, 15) is 9.59 Å². The van der Waals surface area contributed by atoms with E-state index in [0.29, 0.717) is 31.0 Å². The van der Waals surface area contributed by atoms with Crippen LogP contribution in [-0.4, -0.2) is 29.3 Å². The summed E-state index contributed by atoms with van der Waals surface area (Å²) in [4.78, 5) is 26.8. The number of rotatable bonds is 8. The molecule has 2 aromatic rings. The lowest BCUT2D eigenvalue weighted by Gasteiger charge is -2.29. The molecule has 0 saturated carbocycles. The minimum atomic E-state index is -0.533. The van der Waals surface area contributed by atoms with Gasteiger partial charge in [0.15, 0.2) is 0 Å². The number of benzene rings is 2. The number of aryl methyl sites for hydroxylation is 1. The maximum atomic E-state index is 12.9. The van der Waals surface area contributed by atoms with Crippen LogP contribution in [0.4, 0.5) is 0 Å². The highest BCUT2D eigenvalue weighted by atomic mass is 35.5. The molecule has 1 atom stereocenters. The molecule has 0 aliphatic carbocycles. The summed E-state index contributed by atoms with van der Waals surface area (Å²) in [5.41, 5.74) is 1.93. The van der Waals surface area contributed by atoms with Gasteiger partial charge < -0.3 is 10.2 Å². The third kappa shape index (κ3) is 5.60. The molecule has 0 aliphatic heterocycles. The van der Waals surface area contributed by atoms with Crippen LogP contribution in [0.2, 0.25) is 5.02 Å². The lowest BCUT2D eigenvalue weighted by atomic mass is 10.1. The van der Waals surface area contributed by atoms with Crippen molar-refractivity contribution >= 4 is 23.4 Å². The first-order valence-electron chi connectivity index (χ1n) is 8.87. The number of hydrogen-bond acceptors (Lipinski definition) is 2. The maximum Gasteiger partial charge on any atom is 0.242 e. The second-order valence-corrected chi connectivity index (χ2v) is 6.58. The molecule has 0 saturated heterocycles. The number of carbonyl (C=O) groups is 2. The summed E-state index contributed by atoms with van der Waals surface area (Å²) in [6, 6.07) is 16.7. The molecule has 4 nitrogen and oxygen atoms in total. The van der Waals surface area contributed by atoms with Crippen molar-refractivity contribution in [3.8, 4) is 0 Å². The van der Waals surface area contributed by atoms with Gasteiger partial charge in [0.05, 0.1) is 0 Å². The lowest BCUT2D eigenvalue weighted by molar-refractivity contribution is -0.140. The van der Waals surface area contributed by atoms with Gasteiger partial charge in [-0.25, -0.2) is 0 Å². The van der Waals surface area contributed by atoms with Gasteiger partial charge in [0.25, 0.3) is 0 Å². The Balaban J connectivity index is 2.12. The zero-order valence-electron chi connectivity index (χ0n) is 15.2. The summed E-state index contributed by atoms with van der Waals surface area (Å²) in [6.07, 6.45) is 0.853. The molecule has 2 rings (SSSR count). The van der Waals surface area contributed by atoms with Crippen LogP contribution in [0.5, 0.6) is 0 Å². The van der Waals surface area contributed by atoms with E-state index in [4.69, 9.17) is 11.6 Å². The number of likely N-dealkylation sites (N-methyl/N-ethyl adjacent to an activating group) is 1. The summed E-state index contributed by atoms with van der Waals surface area (Å²) in [5.74, 6) is -0.206.